The molecule has 3 atom stereocenters. The van der Waals surface area contributed by atoms with E-state index in [-0.39, 0.29) is 5.69 Å². The van der Waals surface area contributed by atoms with E-state index in [1.807, 2.05) is 30.3 Å². The Hall–Kier alpha value is -3.13. The Morgan fingerprint density at radius 1 is 1.00 bits per heavy atom. The van der Waals surface area contributed by atoms with Gasteiger partial charge in [0.15, 0.2) is 0 Å². The predicted molar refractivity (Wildman–Crippen MR) is 137 cm³/mol. The topological polar surface area (TPSA) is 121 Å². The molecule has 194 valence electrons. The molecule has 0 spiro atoms. The van der Waals surface area contributed by atoms with Gasteiger partial charge >= 0.3 is 0 Å². The van der Waals surface area contributed by atoms with Gasteiger partial charge in [-0.3, -0.25) is 14.6 Å². The second-order valence-corrected chi connectivity index (χ2v) is 9.57. The summed E-state index contributed by atoms with van der Waals surface area (Å²) >= 11 is 0. The first-order valence-corrected chi connectivity index (χ1v) is 13.2. The zero-order chi connectivity index (χ0) is 25.6. The summed E-state index contributed by atoms with van der Waals surface area (Å²) in [6.07, 6.45) is 13.6. The highest BCUT2D eigenvalue weighted by molar-refractivity contribution is 5.96. The number of nitrogens with one attached hydrogen (secondary N) is 2. The number of hydrogen-bond donors (Lipinski definition) is 3. The number of amides is 2. The minimum absolute atomic E-state index is 0.0571. The highest BCUT2D eigenvalue weighted by atomic mass is 16.3. The van der Waals surface area contributed by atoms with E-state index in [0.717, 1.165) is 56.8 Å². The summed E-state index contributed by atoms with van der Waals surface area (Å²) in [5.74, 6) is -0.918. The van der Waals surface area contributed by atoms with Crippen LogP contribution < -0.4 is 10.6 Å². The maximum Gasteiger partial charge on any atom is 0.272 e. The van der Waals surface area contributed by atoms with Gasteiger partial charge in [0.05, 0.1) is 30.2 Å². The number of carbonyl (C=O) groups is 3. The molecule has 1 unspecified atom stereocenters. The highest BCUT2D eigenvalue weighted by Crippen LogP contribution is 2.19. The largest absolute Gasteiger partial charge is 0.387 e. The number of carbonyl (C=O) groups excluding carboxylic acids is 3. The van der Waals surface area contributed by atoms with Crippen molar-refractivity contribution in [1.29, 1.82) is 0 Å². The van der Waals surface area contributed by atoms with E-state index < -0.39 is 30.0 Å². The van der Waals surface area contributed by atoms with Crippen LogP contribution in [0.4, 0.5) is 0 Å². The summed E-state index contributed by atoms with van der Waals surface area (Å²) in [6.45, 7) is 0. The fourth-order valence-corrected chi connectivity index (χ4v) is 4.51. The Balaban J connectivity index is 1.71. The maximum atomic E-state index is 13.1. The number of benzene rings is 1. The minimum atomic E-state index is -0.801. The van der Waals surface area contributed by atoms with Gasteiger partial charge in [-0.15, -0.1) is 0 Å². The summed E-state index contributed by atoms with van der Waals surface area (Å²) in [5, 5.41) is 16.1. The van der Waals surface area contributed by atoms with E-state index in [1.165, 1.54) is 25.2 Å². The number of fused-ring (bicyclic) bond motifs is 2. The second-order valence-electron chi connectivity index (χ2n) is 9.57. The third-order valence-corrected chi connectivity index (χ3v) is 6.61. The normalized spacial score (nSPS) is 21.3. The first-order chi connectivity index (χ1) is 17.6. The van der Waals surface area contributed by atoms with Crippen LogP contribution in [-0.4, -0.2) is 45.3 Å². The Morgan fingerprint density at radius 3 is 2.31 bits per heavy atom. The fraction of sp³-hybridized carbons (Fsp3) is 0.536. The lowest BCUT2D eigenvalue weighted by atomic mass is 10.0. The predicted octanol–water partition coefficient (Wildman–Crippen LogP) is 3.84. The Kier molecular flexibility index (Phi) is 11.5. The van der Waals surface area contributed by atoms with Crippen LogP contribution >= 0.6 is 0 Å². The summed E-state index contributed by atoms with van der Waals surface area (Å²) in [6, 6.07) is 7.98. The van der Waals surface area contributed by atoms with Crippen LogP contribution in [0, 0.1) is 0 Å². The molecule has 1 aliphatic rings. The van der Waals surface area contributed by atoms with Crippen molar-refractivity contribution in [2.24, 2.45) is 0 Å². The van der Waals surface area contributed by atoms with E-state index in [2.05, 4.69) is 20.6 Å². The SMILES string of the molecule is O=C[C@H](Cc1ccccc1)NC(=O)[C@@H]1CCCCCCCCCCCC(O)c2cncc(n2)C(=O)N1. The molecule has 2 amide bonds. The molecule has 1 aliphatic heterocycles. The maximum absolute atomic E-state index is 13.1. The zero-order valence-corrected chi connectivity index (χ0v) is 20.9. The molecule has 2 bridgehead atoms. The van der Waals surface area contributed by atoms with Crippen LogP contribution in [0.5, 0.6) is 0 Å². The van der Waals surface area contributed by atoms with Gasteiger partial charge in [-0.1, -0.05) is 88.1 Å². The molecule has 8 nitrogen and oxygen atoms in total. The molecular formula is C28H38N4O4. The van der Waals surface area contributed by atoms with Crippen LogP contribution in [0.1, 0.15) is 98.5 Å². The van der Waals surface area contributed by atoms with Gasteiger partial charge in [0.2, 0.25) is 5.91 Å². The van der Waals surface area contributed by atoms with Crippen molar-refractivity contribution in [1.82, 2.24) is 20.6 Å². The van der Waals surface area contributed by atoms with Gasteiger partial charge < -0.3 is 20.5 Å². The number of aliphatic hydroxyl groups is 1. The summed E-state index contributed by atoms with van der Waals surface area (Å²) in [5.41, 5.74) is 1.35. The number of rotatable bonds is 5. The lowest BCUT2D eigenvalue weighted by Gasteiger charge is -2.21. The van der Waals surface area contributed by atoms with Gasteiger partial charge in [-0.25, -0.2) is 4.98 Å². The van der Waals surface area contributed by atoms with Crippen LogP contribution in [-0.2, 0) is 16.0 Å². The third kappa shape index (κ3) is 9.15. The smallest absolute Gasteiger partial charge is 0.272 e. The third-order valence-electron chi connectivity index (χ3n) is 6.61. The Labute approximate surface area is 213 Å². The van der Waals surface area contributed by atoms with E-state index >= 15 is 0 Å². The van der Waals surface area contributed by atoms with Gasteiger partial charge in [-0.05, 0) is 24.8 Å². The Morgan fingerprint density at radius 2 is 1.64 bits per heavy atom. The molecule has 0 radical (unpaired) electrons. The van der Waals surface area contributed by atoms with Crippen molar-refractivity contribution in [2.75, 3.05) is 0 Å². The molecule has 2 heterocycles. The lowest BCUT2D eigenvalue weighted by molar-refractivity contribution is -0.125. The number of aldehydes is 1. The van der Waals surface area contributed by atoms with Crippen LogP contribution in [0.15, 0.2) is 42.7 Å². The molecule has 0 saturated heterocycles. The number of nitrogens with zero attached hydrogens (tertiary/aromatic N) is 2. The number of aromatic nitrogens is 2. The summed E-state index contributed by atoms with van der Waals surface area (Å²) < 4.78 is 0. The number of aliphatic hydroxyl groups excluding tert-OH is 1. The van der Waals surface area contributed by atoms with Gasteiger partial charge in [0.1, 0.15) is 18.0 Å². The van der Waals surface area contributed by atoms with Crippen molar-refractivity contribution in [3.8, 4) is 0 Å². The van der Waals surface area contributed by atoms with Crippen molar-refractivity contribution < 1.29 is 19.5 Å². The number of hydrogen-bond acceptors (Lipinski definition) is 6. The minimum Gasteiger partial charge on any atom is -0.387 e. The fourth-order valence-electron chi connectivity index (χ4n) is 4.51. The van der Waals surface area contributed by atoms with Crippen molar-refractivity contribution in [3.05, 3.63) is 59.7 Å². The Bertz CT molecular complexity index is 969. The molecule has 3 N–H and O–H groups in total. The van der Waals surface area contributed by atoms with Crippen LogP contribution in [0.3, 0.4) is 0 Å². The standard InChI is InChI=1S/C28H38N4O4/c33-20-22(17-21-13-9-8-10-14-21)30-27(35)23-15-11-6-4-2-1-3-5-7-12-16-26(34)24-18-29-19-25(31-24)28(36)32-23/h8-10,13-14,18-20,22-23,26,34H,1-7,11-12,15-17H2,(H,30,35)(H,32,36)/t22-,23-,26?/m0/s1. The summed E-state index contributed by atoms with van der Waals surface area (Å²) in [7, 11) is 0. The molecular weight excluding hydrogens is 456 g/mol. The second kappa shape index (κ2) is 15.1. The highest BCUT2D eigenvalue weighted by Gasteiger charge is 2.25. The van der Waals surface area contributed by atoms with Crippen LogP contribution in [0.2, 0.25) is 0 Å². The van der Waals surface area contributed by atoms with E-state index in [9.17, 15) is 19.5 Å². The van der Waals surface area contributed by atoms with Gasteiger partial charge in [-0.2, -0.15) is 0 Å². The molecule has 1 aromatic heterocycles. The average Bonchev–Trinajstić information content (AvgIpc) is 2.90. The quantitative estimate of drug-likeness (QED) is 0.543. The van der Waals surface area contributed by atoms with Crippen molar-refractivity contribution in [3.63, 3.8) is 0 Å². The lowest BCUT2D eigenvalue weighted by Crippen LogP contribution is -2.50. The monoisotopic (exact) mass is 494 g/mol. The molecule has 0 aliphatic carbocycles. The summed E-state index contributed by atoms with van der Waals surface area (Å²) in [4.78, 5) is 46.2. The average molecular weight is 495 g/mol. The van der Waals surface area contributed by atoms with E-state index in [4.69, 9.17) is 0 Å². The molecule has 8 heteroatoms. The van der Waals surface area contributed by atoms with Gasteiger partial charge in [0.25, 0.3) is 5.91 Å². The molecule has 1 aromatic carbocycles. The molecule has 0 fully saturated rings. The van der Waals surface area contributed by atoms with E-state index in [0.29, 0.717) is 25.0 Å². The first-order valence-electron chi connectivity index (χ1n) is 13.2. The van der Waals surface area contributed by atoms with Crippen molar-refractivity contribution >= 4 is 18.1 Å². The molecule has 36 heavy (non-hydrogen) atoms. The molecule has 3 rings (SSSR count). The van der Waals surface area contributed by atoms with Crippen LogP contribution in [0.25, 0.3) is 0 Å². The zero-order valence-electron chi connectivity index (χ0n) is 20.9. The first kappa shape index (κ1) is 27.5. The van der Waals surface area contributed by atoms with Gasteiger partial charge in [0, 0.05) is 0 Å². The molecule has 2 aromatic rings. The van der Waals surface area contributed by atoms with Crippen molar-refractivity contribution in [2.45, 2.75) is 95.2 Å². The molecule has 0 saturated carbocycles. The van der Waals surface area contributed by atoms with E-state index in [1.54, 1.807) is 0 Å².